The van der Waals surface area contributed by atoms with Gasteiger partial charge in [0.25, 0.3) is 5.91 Å². The van der Waals surface area contributed by atoms with Gasteiger partial charge in [-0.2, -0.15) is 0 Å². The van der Waals surface area contributed by atoms with E-state index in [4.69, 9.17) is 14.2 Å². The number of carbonyl (C=O) groups is 2. The van der Waals surface area contributed by atoms with Crippen molar-refractivity contribution >= 4 is 17.4 Å². The van der Waals surface area contributed by atoms with E-state index < -0.39 is 5.92 Å². The second kappa shape index (κ2) is 11.5. The Labute approximate surface area is 241 Å². The minimum Gasteiger partial charge on any atom is -0.497 e. The fourth-order valence-electron chi connectivity index (χ4n) is 5.94. The summed E-state index contributed by atoms with van der Waals surface area (Å²) in [6.07, 6.45) is 0.979. The molecule has 3 aromatic rings. The van der Waals surface area contributed by atoms with Gasteiger partial charge in [-0.25, -0.2) is 0 Å². The number of dihydropyridines is 1. The van der Waals surface area contributed by atoms with Gasteiger partial charge in [0.15, 0.2) is 17.3 Å². The Balaban J connectivity index is 1.56. The van der Waals surface area contributed by atoms with Crippen molar-refractivity contribution in [3.05, 3.63) is 105 Å². The average molecular weight is 553 g/mol. The highest BCUT2D eigenvalue weighted by Gasteiger charge is 2.41. The monoisotopic (exact) mass is 552 g/mol. The van der Waals surface area contributed by atoms with Crippen molar-refractivity contribution in [2.75, 3.05) is 26.6 Å². The summed E-state index contributed by atoms with van der Waals surface area (Å²) in [7, 11) is 4.82. The van der Waals surface area contributed by atoms with E-state index in [1.54, 1.807) is 45.6 Å². The lowest BCUT2D eigenvalue weighted by atomic mass is 9.70. The third-order valence-electron chi connectivity index (χ3n) is 8.04. The van der Waals surface area contributed by atoms with E-state index in [-0.39, 0.29) is 17.6 Å². The van der Waals surface area contributed by atoms with Crippen molar-refractivity contribution in [2.24, 2.45) is 0 Å². The number of nitrogens with one attached hydrogen (secondary N) is 2. The molecule has 7 nitrogen and oxygen atoms in total. The summed E-state index contributed by atoms with van der Waals surface area (Å²) in [5, 5.41) is 6.51. The molecule has 1 aliphatic carbocycles. The lowest BCUT2D eigenvalue weighted by Crippen LogP contribution is -2.37. The maximum atomic E-state index is 14.1. The highest BCUT2D eigenvalue weighted by atomic mass is 16.5. The molecule has 2 atom stereocenters. The van der Waals surface area contributed by atoms with Gasteiger partial charge in [-0.15, -0.1) is 0 Å². The van der Waals surface area contributed by atoms with Crippen LogP contribution in [0.25, 0.3) is 0 Å². The smallest absolute Gasteiger partial charge is 0.254 e. The molecule has 5 rings (SSSR count). The number of hydrogen-bond acceptors (Lipinski definition) is 6. The lowest BCUT2D eigenvalue weighted by Gasteiger charge is -2.37. The lowest BCUT2D eigenvalue weighted by molar-refractivity contribution is -0.116. The topological polar surface area (TPSA) is 85.9 Å². The number of allylic oxidation sites excluding steroid dienone is 3. The van der Waals surface area contributed by atoms with Crippen molar-refractivity contribution in [1.82, 2.24) is 5.32 Å². The zero-order chi connectivity index (χ0) is 29.3. The first-order valence-corrected chi connectivity index (χ1v) is 13.7. The minimum atomic E-state index is -0.483. The molecule has 41 heavy (non-hydrogen) atoms. The molecule has 2 N–H and O–H groups in total. The van der Waals surface area contributed by atoms with Crippen molar-refractivity contribution in [3.63, 3.8) is 0 Å². The number of Topliss-reactive ketones (excluding diaryl/α,β-unsaturated/α-hetero) is 1. The van der Waals surface area contributed by atoms with E-state index in [2.05, 4.69) is 28.8 Å². The van der Waals surface area contributed by atoms with Gasteiger partial charge in [0.05, 0.1) is 21.3 Å². The van der Waals surface area contributed by atoms with Crippen LogP contribution in [0.4, 0.5) is 5.69 Å². The Hall–Kier alpha value is -4.52. The van der Waals surface area contributed by atoms with Gasteiger partial charge in [-0.05, 0) is 86.2 Å². The number of anilines is 1. The molecule has 1 aliphatic heterocycles. The first-order chi connectivity index (χ1) is 19.7. The van der Waals surface area contributed by atoms with Gasteiger partial charge < -0.3 is 24.8 Å². The van der Waals surface area contributed by atoms with Crippen LogP contribution in [-0.2, 0) is 9.59 Å². The summed E-state index contributed by atoms with van der Waals surface area (Å²) < 4.78 is 16.2. The Bertz CT molecular complexity index is 1570. The third-order valence-corrected chi connectivity index (χ3v) is 8.04. The van der Waals surface area contributed by atoms with Gasteiger partial charge in [-0.3, -0.25) is 9.59 Å². The first kappa shape index (κ1) is 28.0. The molecule has 212 valence electrons. The molecule has 2 unspecified atom stereocenters. The molecule has 3 aromatic carbocycles. The van der Waals surface area contributed by atoms with Crippen LogP contribution in [0.5, 0.6) is 17.2 Å². The summed E-state index contributed by atoms with van der Waals surface area (Å²) >= 11 is 0. The number of benzene rings is 3. The Morgan fingerprint density at radius 2 is 1.59 bits per heavy atom. The van der Waals surface area contributed by atoms with Crippen molar-refractivity contribution in [2.45, 2.75) is 45.4 Å². The maximum Gasteiger partial charge on any atom is 0.254 e. The maximum absolute atomic E-state index is 14.1. The number of aryl methyl sites for hydroxylation is 2. The molecule has 0 saturated heterocycles. The molecule has 0 radical (unpaired) electrons. The highest BCUT2D eigenvalue weighted by molar-refractivity contribution is 6.10. The number of carbonyl (C=O) groups excluding carboxylic acids is 2. The minimum absolute atomic E-state index is 0.0321. The normalized spacial score (nSPS) is 18.4. The standard InChI is InChI=1S/C34H36N2O5/c1-19-7-8-20(2)26(15-19)32-31(34(38)36-24-10-12-25(39-4)13-11-24)21(3)35-27-16-23(17-28(37)33(27)32)22-9-14-29(40-5)30(18-22)41-6/h7-15,18,23,32,35H,16-17H2,1-6H3,(H,36,38). The highest BCUT2D eigenvalue weighted by Crippen LogP contribution is 2.47. The molecule has 1 heterocycles. The van der Waals surface area contributed by atoms with Gasteiger partial charge in [0, 0.05) is 40.6 Å². The summed E-state index contributed by atoms with van der Waals surface area (Å²) in [6, 6.07) is 19.2. The van der Waals surface area contributed by atoms with E-state index in [0.717, 1.165) is 33.6 Å². The average Bonchev–Trinajstić information content (AvgIpc) is 2.97. The number of hydrogen-bond donors (Lipinski definition) is 2. The van der Waals surface area contributed by atoms with Crippen LogP contribution in [0.15, 0.2) is 83.2 Å². The third kappa shape index (κ3) is 5.44. The SMILES string of the molecule is COc1ccc(NC(=O)C2=C(C)NC3=C(C(=O)CC(c4ccc(OC)c(OC)c4)C3)C2c2cc(C)ccc2C)cc1. The second-order valence-corrected chi connectivity index (χ2v) is 10.7. The molecule has 2 aliphatic rings. The van der Waals surface area contributed by atoms with E-state index in [1.807, 2.05) is 39.0 Å². The Kier molecular flexibility index (Phi) is 7.88. The van der Waals surface area contributed by atoms with E-state index in [0.29, 0.717) is 46.9 Å². The number of rotatable bonds is 7. The molecule has 1 amide bonds. The Morgan fingerprint density at radius 1 is 0.854 bits per heavy atom. The van der Waals surface area contributed by atoms with E-state index >= 15 is 0 Å². The summed E-state index contributed by atoms with van der Waals surface area (Å²) in [6.45, 7) is 5.98. The van der Waals surface area contributed by atoms with Crippen LogP contribution < -0.4 is 24.8 Å². The predicted molar refractivity (Wildman–Crippen MR) is 160 cm³/mol. The summed E-state index contributed by atoms with van der Waals surface area (Å²) in [5.41, 5.74) is 7.56. The summed E-state index contributed by atoms with van der Waals surface area (Å²) in [5.74, 6) is 1.27. The molecular weight excluding hydrogens is 516 g/mol. The molecule has 0 bridgehead atoms. The molecule has 0 saturated carbocycles. The largest absolute Gasteiger partial charge is 0.497 e. The Morgan fingerprint density at radius 3 is 2.27 bits per heavy atom. The number of methoxy groups -OCH3 is 3. The van der Waals surface area contributed by atoms with E-state index in [1.165, 1.54) is 0 Å². The fraction of sp³-hybridized carbons (Fsp3) is 0.294. The first-order valence-electron chi connectivity index (χ1n) is 13.7. The van der Waals surface area contributed by atoms with Crippen LogP contribution >= 0.6 is 0 Å². The molecular formula is C34H36N2O5. The van der Waals surface area contributed by atoms with Crippen LogP contribution in [-0.4, -0.2) is 33.0 Å². The quantitative estimate of drug-likeness (QED) is 0.356. The predicted octanol–water partition coefficient (Wildman–Crippen LogP) is 6.33. The van der Waals surface area contributed by atoms with Gasteiger partial charge in [-0.1, -0.05) is 29.8 Å². The van der Waals surface area contributed by atoms with Gasteiger partial charge in [0.1, 0.15) is 5.75 Å². The zero-order valence-corrected chi connectivity index (χ0v) is 24.4. The number of amides is 1. The van der Waals surface area contributed by atoms with Crippen molar-refractivity contribution in [3.8, 4) is 17.2 Å². The van der Waals surface area contributed by atoms with Gasteiger partial charge >= 0.3 is 0 Å². The molecule has 0 aromatic heterocycles. The molecule has 0 fully saturated rings. The van der Waals surface area contributed by atoms with Gasteiger partial charge in [0.2, 0.25) is 0 Å². The van der Waals surface area contributed by atoms with Crippen LogP contribution in [0.3, 0.4) is 0 Å². The fourth-order valence-corrected chi connectivity index (χ4v) is 5.94. The second-order valence-electron chi connectivity index (χ2n) is 10.7. The zero-order valence-electron chi connectivity index (χ0n) is 24.4. The molecule has 0 spiro atoms. The number of ketones is 1. The van der Waals surface area contributed by atoms with E-state index in [9.17, 15) is 9.59 Å². The van der Waals surface area contributed by atoms with Crippen molar-refractivity contribution < 1.29 is 23.8 Å². The number of ether oxygens (including phenoxy) is 3. The van der Waals surface area contributed by atoms with Crippen molar-refractivity contribution in [1.29, 1.82) is 0 Å². The van der Waals surface area contributed by atoms with Crippen LogP contribution in [0.2, 0.25) is 0 Å². The van der Waals surface area contributed by atoms with Crippen LogP contribution in [0, 0.1) is 13.8 Å². The molecule has 7 heteroatoms. The van der Waals surface area contributed by atoms with Crippen LogP contribution in [0.1, 0.15) is 53.9 Å². The summed E-state index contributed by atoms with van der Waals surface area (Å²) in [4.78, 5) is 28.0.